The molecule has 0 saturated heterocycles. The Bertz CT molecular complexity index is 967. The molecule has 27 heavy (non-hydrogen) atoms. The predicted octanol–water partition coefficient (Wildman–Crippen LogP) is 3.51. The molecule has 1 aromatic heterocycles. The second kappa shape index (κ2) is 8.37. The van der Waals surface area contributed by atoms with E-state index >= 15 is 0 Å². The molecule has 3 rings (SSSR count). The van der Waals surface area contributed by atoms with Gasteiger partial charge in [-0.1, -0.05) is 23.7 Å². The van der Waals surface area contributed by atoms with E-state index in [9.17, 15) is 4.79 Å². The number of hydrogen-bond acceptors (Lipinski definition) is 5. The van der Waals surface area contributed by atoms with Gasteiger partial charge in [0.2, 0.25) is 0 Å². The number of aromatic amines is 1. The van der Waals surface area contributed by atoms with Gasteiger partial charge in [0, 0.05) is 16.7 Å². The zero-order valence-electron chi connectivity index (χ0n) is 14.7. The van der Waals surface area contributed by atoms with Gasteiger partial charge in [-0.15, -0.1) is 0 Å². The van der Waals surface area contributed by atoms with E-state index in [4.69, 9.17) is 21.1 Å². The van der Waals surface area contributed by atoms with Gasteiger partial charge >= 0.3 is 0 Å². The Morgan fingerprint density at radius 2 is 1.93 bits per heavy atom. The zero-order chi connectivity index (χ0) is 19.2. The number of carbonyl (C=O) groups excluding carboxylic acids is 1. The largest absolute Gasteiger partial charge is 0.497 e. The first-order valence-electron chi connectivity index (χ1n) is 7.97. The minimum atomic E-state index is -0.411. The van der Waals surface area contributed by atoms with E-state index in [0.717, 1.165) is 11.1 Å². The summed E-state index contributed by atoms with van der Waals surface area (Å²) in [5, 5.41) is 11.4. The van der Waals surface area contributed by atoms with Crippen LogP contribution in [0.1, 0.15) is 16.1 Å². The summed E-state index contributed by atoms with van der Waals surface area (Å²) < 4.78 is 10.5. The number of hydrazone groups is 1. The van der Waals surface area contributed by atoms with Crippen molar-refractivity contribution < 1.29 is 14.3 Å². The molecule has 8 heteroatoms. The Morgan fingerprint density at radius 3 is 2.63 bits per heavy atom. The van der Waals surface area contributed by atoms with E-state index in [1.54, 1.807) is 56.7 Å². The molecule has 0 aliphatic heterocycles. The first kappa shape index (κ1) is 18.5. The molecule has 1 heterocycles. The van der Waals surface area contributed by atoms with E-state index < -0.39 is 5.91 Å². The molecule has 0 aliphatic carbocycles. The number of ether oxygens (including phenoxy) is 2. The summed E-state index contributed by atoms with van der Waals surface area (Å²) in [4.78, 5) is 12.2. The van der Waals surface area contributed by atoms with Crippen molar-refractivity contribution in [1.29, 1.82) is 0 Å². The van der Waals surface area contributed by atoms with Crippen LogP contribution in [0.2, 0.25) is 5.02 Å². The van der Waals surface area contributed by atoms with Crippen LogP contribution in [-0.2, 0) is 0 Å². The lowest BCUT2D eigenvalue weighted by Gasteiger charge is -2.08. The molecule has 0 atom stereocenters. The van der Waals surface area contributed by atoms with Gasteiger partial charge in [-0.3, -0.25) is 9.89 Å². The second-order valence-electron chi connectivity index (χ2n) is 5.48. The van der Waals surface area contributed by atoms with Crippen molar-refractivity contribution >= 4 is 23.7 Å². The summed E-state index contributed by atoms with van der Waals surface area (Å²) in [6.07, 6.45) is 1.53. The van der Waals surface area contributed by atoms with Crippen molar-refractivity contribution in [2.45, 2.75) is 0 Å². The lowest BCUT2D eigenvalue weighted by Crippen LogP contribution is -2.17. The van der Waals surface area contributed by atoms with E-state index in [1.807, 2.05) is 6.07 Å². The molecule has 0 bridgehead atoms. The molecule has 2 aromatic carbocycles. The third-order valence-electron chi connectivity index (χ3n) is 3.76. The minimum absolute atomic E-state index is 0.274. The lowest BCUT2D eigenvalue weighted by molar-refractivity contribution is 0.0950. The third kappa shape index (κ3) is 4.45. The fraction of sp³-hybridized carbons (Fsp3) is 0.105. The number of methoxy groups -OCH3 is 2. The normalized spacial score (nSPS) is 10.8. The highest BCUT2D eigenvalue weighted by atomic mass is 35.5. The summed E-state index contributed by atoms with van der Waals surface area (Å²) in [6, 6.07) is 14.1. The SMILES string of the molecule is COc1ccc(-c2cc(C(=O)N/N=C/c3ccc(Cl)cc3)[nH]n2)c(OC)c1. The number of nitrogens with one attached hydrogen (secondary N) is 2. The van der Waals surface area contributed by atoms with Gasteiger partial charge in [0.25, 0.3) is 5.91 Å². The molecular formula is C19H17ClN4O3. The molecule has 2 N–H and O–H groups in total. The summed E-state index contributed by atoms with van der Waals surface area (Å²) in [6.45, 7) is 0. The number of amides is 1. The van der Waals surface area contributed by atoms with Crippen molar-refractivity contribution in [1.82, 2.24) is 15.6 Å². The Morgan fingerprint density at radius 1 is 1.15 bits per heavy atom. The van der Waals surface area contributed by atoms with Crippen LogP contribution < -0.4 is 14.9 Å². The average molecular weight is 385 g/mol. The number of rotatable bonds is 6. The number of benzene rings is 2. The molecule has 138 valence electrons. The van der Waals surface area contributed by atoms with Gasteiger partial charge < -0.3 is 9.47 Å². The predicted molar refractivity (Wildman–Crippen MR) is 104 cm³/mol. The van der Waals surface area contributed by atoms with Crippen molar-refractivity contribution in [3.63, 3.8) is 0 Å². The summed E-state index contributed by atoms with van der Waals surface area (Å²) in [5.74, 6) is 0.848. The highest BCUT2D eigenvalue weighted by Gasteiger charge is 2.14. The van der Waals surface area contributed by atoms with Crippen LogP contribution in [0.25, 0.3) is 11.3 Å². The van der Waals surface area contributed by atoms with E-state index in [2.05, 4.69) is 20.7 Å². The van der Waals surface area contributed by atoms with Crippen LogP contribution in [0, 0.1) is 0 Å². The highest BCUT2D eigenvalue weighted by Crippen LogP contribution is 2.32. The molecule has 3 aromatic rings. The summed E-state index contributed by atoms with van der Waals surface area (Å²) in [5.41, 5.74) is 4.84. The Kier molecular flexibility index (Phi) is 5.73. The number of aromatic nitrogens is 2. The fourth-order valence-corrected chi connectivity index (χ4v) is 2.49. The van der Waals surface area contributed by atoms with Crippen molar-refractivity contribution in [2.75, 3.05) is 14.2 Å². The molecule has 7 nitrogen and oxygen atoms in total. The summed E-state index contributed by atoms with van der Waals surface area (Å²) >= 11 is 5.83. The van der Waals surface area contributed by atoms with Crippen molar-refractivity contribution in [3.8, 4) is 22.8 Å². The Hall–Kier alpha value is -3.32. The molecule has 0 saturated carbocycles. The monoisotopic (exact) mass is 384 g/mol. The van der Waals surface area contributed by atoms with Crippen LogP contribution in [-0.4, -0.2) is 36.5 Å². The van der Waals surface area contributed by atoms with E-state index in [0.29, 0.717) is 22.2 Å². The maximum atomic E-state index is 12.2. The first-order valence-corrected chi connectivity index (χ1v) is 8.35. The molecular weight excluding hydrogens is 368 g/mol. The molecule has 0 fully saturated rings. The van der Waals surface area contributed by atoms with Gasteiger partial charge in [-0.2, -0.15) is 10.2 Å². The molecule has 0 unspecified atom stereocenters. The van der Waals surface area contributed by atoms with Gasteiger partial charge in [-0.25, -0.2) is 5.43 Å². The highest BCUT2D eigenvalue weighted by molar-refractivity contribution is 6.30. The average Bonchev–Trinajstić information content (AvgIpc) is 3.19. The fourth-order valence-electron chi connectivity index (χ4n) is 2.36. The molecule has 0 radical (unpaired) electrons. The minimum Gasteiger partial charge on any atom is -0.497 e. The van der Waals surface area contributed by atoms with E-state index in [-0.39, 0.29) is 5.69 Å². The first-order chi connectivity index (χ1) is 13.1. The zero-order valence-corrected chi connectivity index (χ0v) is 15.4. The van der Waals surface area contributed by atoms with Crippen LogP contribution in [0.5, 0.6) is 11.5 Å². The maximum Gasteiger partial charge on any atom is 0.289 e. The quantitative estimate of drug-likeness (QED) is 0.502. The second-order valence-corrected chi connectivity index (χ2v) is 5.92. The van der Waals surface area contributed by atoms with Crippen LogP contribution >= 0.6 is 11.6 Å². The third-order valence-corrected chi connectivity index (χ3v) is 4.01. The Balaban J connectivity index is 1.71. The van der Waals surface area contributed by atoms with E-state index in [1.165, 1.54) is 6.21 Å². The van der Waals surface area contributed by atoms with Crippen molar-refractivity contribution in [3.05, 3.63) is 64.8 Å². The smallest absolute Gasteiger partial charge is 0.289 e. The molecule has 1 amide bonds. The molecule has 0 aliphatic rings. The number of carbonyl (C=O) groups is 1. The molecule has 0 spiro atoms. The number of halogens is 1. The van der Waals surface area contributed by atoms with Gasteiger partial charge in [0.1, 0.15) is 17.2 Å². The Labute approximate surface area is 161 Å². The van der Waals surface area contributed by atoms with Crippen LogP contribution in [0.15, 0.2) is 53.6 Å². The number of nitrogens with zero attached hydrogens (tertiary/aromatic N) is 2. The summed E-state index contributed by atoms with van der Waals surface area (Å²) in [7, 11) is 3.14. The standard InChI is InChI=1S/C19H17ClN4O3/c1-26-14-7-8-15(18(9-14)27-2)16-10-17(23-22-16)19(25)24-21-11-12-3-5-13(20)6-4-12/h3-11H,1-2H3,(H,22,23)(H,24,25)/b21-11+. The number of hydrogen-bond donors (Lipinski definition) is 2. The van der Waals surface area contributed by atoms with Crippen LogP contribution in [0.3, 0.4) is 0 Å². The topological polar surface area (TPSA) is 88.6 Å². The number of H-pyrrole nitrogens is 1. The van der Waals surface area contributed by atoms with Crippen molar-refractivity contribution in [2.24, 2.45) is 5.10 Å². The van der Waals surface area contributed by atoms with Gasteiger partial charge in [0.05, 0.1) is 26.1 Å². The van der Waals surface area contributed by atoms with Gasteiger partial charge in [0.15, 0.2) is 0 Å². The van der Waals surface area contributed by atoms with Crippen LogP contribution in [0.4, 0.5) is 0 Å². The van der Waals surface area contributed by atoms with Gasteiger partial charge in [-0.05, 0) is 35.9 Å². The maximum absolute atomic E-state index is 12.2. The lowest BCUT2D eigenvalue weighted by atomic mass is 10.1.